The van der Waals surface area contributed by atoms with E-state index < -0.39 is 0 Å². The summed E-state index contributed by atoms with van der Waals surface area (Å²) in [7, 11) is 0. The van der Waals surface area contributed by atoms with Crippen LogP contribution in [-0.2, 0) is 6.42 Å². The van der Waals surface area contributed by atoms with Crippen molar-refractivity contribution in [1.82, 2.24) is 4.90 Å². The molecule has 1 aromatic carbocycles. The first-order chi connectivity index (χ1) is 9.33. The monoisotopic (exact) mass is 261 g/mol. The van der Waals surface area contributed by atoms with Crippen molar-refractivity contribution in [2.45, 2.75) is 38.2 Å². The third-order valence-electron chi connectivity index (χ3n) is 4.27. The van der Waals surface area contributed by atoms with Crippen molar-refractivity contribution in [1.29, 1.82) is 0 Å². The maximum absolute atomic E-state index is 9.92. The molecule has 0 bridgehead atoms. The van der Waals surface area contributed by atoms with Gasteiger partial charge in [-0.15, -0.1) is 0 Å². The quantitative estimate of drug-likeness (QED) is 0.904. The fourth-order valence-electron chi connectivity index (χ4n) is 3.15. The van der Waals surface area contributed by atoms with Crippen LogP contribution in [-0.4, -0.2) is 36.2 Å². The molecule has 1 atom stereocenters. The predicted octanol–water partition coefficient (Wildman–Crippen LogP) is 2.53. The number of benzene rings is 1. The first-order valence-corrected chi connectivity index (χ1v) is 7.49. The zero-order valence-electron chi connectivity index (χ0n) is 11.5. The molecule has 19 heavy (non-hydrogen) atoms. The Bertz CT molecular complexity index is 427. The number of likely N-dealkylation sites (tertiary alicyclic amines) is 1. The molecular formula is C16H23NO2. The summed E-state index contributed by atoms with van der Waals surface area (Å²) in [6, 6.07) is 6.14. The zero-order valence-corrected chi connectivity index (χ0v) is 11.5. The van der Waals surface area contributed by atoms with E-state index in [1.165, 1.54) is 31.5 Å². The molecule has 3 heteroatoms. The van der Waals surface area contributed by atoms with Gasteiger partial charge in [-0.1, -0.05) is 6.07 Å². The average Bonchev–Trinajstić information content (AvgIpc) is 2.92. The van der Waals surface area contributed by atoms with Crippen molar-refractivity contribution in [3.05, 3.63) is 29.3 Å². The summed E-state index contributed by atoms with van der Waals surface area (Å²) in [6.07, 6.45) is 5.42. The lowest BCUT2D eigenvalue weighted by Crippen LogP contribution is -2.25. The Morgan fingerprint density at radius 3 is 2.89 bits per heavy atom. The van der Waals surface area contributed by atoms with E-state index in [0.29, 0.717) is 0 Å². The Kier molecular flexibility index (Phi) is 4.04. The molecule has 1 aliphatic carbocycles. The van der Waals surface area contributed by atoms with Crippen LogP contribution in [0.4, 0.5) is 0 Å². The Labute approximate surface area is 115 Å². The molecule has 2 aliphatic rings. The number of hydrogen-bond acceptors (Lipinski definition) is 3. The van der Waals surface area contributed by atoms with Gasteiger partial charge >= 0.3 is 0 Å². The molecule has 0 aromatic heterocycles. The van der Waals surface area contributed by atoms with Gasteiger partial charge in [0, 0.05) is 6.54 Å². The lowest BCUT2D eigenvalue weighted by Gasteiger charge is -2.22. The van der Waals surface area contributed by atoms with Crippen LogP contribution in [0, 0.1) is 0 Å². The minimum Gasteiger partial charge on any atom is -0.492 e. The minimum atomic E-state index is -0.276. The second-order valence-corrected chi connectivity index (χ2v) is 5.67. The van der Waals surface area contributed by atoms with E-state index in [1.807, 2.05) is 12.1 Å². The Morgan fingerprint density at radius 1 is 1.21 bits per heavy atom. The number of fused-ring (bicyclic) bond motifs is 1. The largest absolute Gasteiger partial charge is 0.492 e. The van der Waals surface area contributed by atoms with Gasteiger partial charge in [0.2, 0.25) is 0 Å². The van der Waals surface area contributed by atoms with Crippen LogP contribution in [0.1, 0.15) is 42.9 Å². The standard InChI is InChI=1S/C16H23NO2/c18-16-5-3-4-13-12-14(6-7-15(13)16)19-11-10-17-8-1-2-9-17/h6-7,12,16,18H,1-5,8-11H2/t16-/m1/s1. The van der Waals surface area contributed by atoms with E-state index >= 15 is 0 Å². The van der Waals surface area contributed by atoms with Gasteiger partial charge in [0.1, 0.15) is 12.4 Å². The fraction of sp³-hybridized carbons (Fsp3) is 0.625. The van der Waals surface area contributed by atoms with E-state index in [9.17, 15) is 5.11 Å². The number of nitrogens with zero attached hydrogens (tertiary/aromatic N) is 1. The van der Waals surface area contributed by atoms with Crippen LogP contribution < -0.4 is 4.74 Å². The highest BCUT2D eigenvalue weighted by molar-refractivity contribution is 5.38. The van der Waals surface area contributed by atoms with Crippen molar-refractivity contribution in [2.75, 3.05) is 26.2 Å². The van der Waals surface area contributed by atoms with Gasteiger partial charge in [0.15, 0.2) is 0 Å². The van der Waals surface area contributed by atoms with E-state index in [1.54, 1.807) is 0 Å². The lowest BCUT2D eigenvalue weighted by atomic mass is 9.89. The molecule has 3 nitrogen and oxygen atoms in total. The number of ether oxygens (including phenoxy) is 1. The van der Waals surface area contributed by atoms with E-state index in [4.69, 9.17) is 4.74 Å². The van der Waals surface area contributed by atoms with Crippen molar-refractivity contribution >= 4 is 0 Å². The van der Waals surface area contributed by atoms with E-state index in [2.05, 4.69) is 11.0 Å². The van der Waals surface area contributed by atoms with Crippen molar-refractivity contribution in [3.63, 3.8) is 0 Å². The highest BCUT2D eigenvalue weighted by Gasteiger charge is 2.18. The molecule has 1 N–H and O–H groups in total. The third-order valence-corrected chi connectivity index (χ3v) is 4.27. The first-order valence-electron chi connectivity index (χ1n) is 7.49. The first kappa shape index (κ1) is 12.9. The number of aryl methyl sites for hydroxylation is 1. The predicted molar refractivity (Wildman–Crippen MR) is 75.5 cm³/mol. The van der Waals surface area contributed by atoms with Gasteiger partial charge in [0.05, 0.1) is 6.10 Å². The second-order valence-electron chi connectivity index (χ2n) is 5.67. The molecule has 0 saturated carbocycles. The Balaban J connectivity index is 1.56. The summed E-state index contributed by atoms with van der Waals surface area (Å²) in [6.45, 7) is 4.24. The van der Waals surface area contributed by atoms with Crippen LogP contribution in [0.3, 0.4) is 0 Å². The van der Waals surface area contributed by atoms with Crippen LogP contribution in [0.5, 0.6) is 5.75 Å². The molecule has 0 spiro atoms. The summed E-state index contributed by atoms with van der Waals surface area (Å²) in [5, 5.41) is 9.92. The highest BCUT2D eigenvalue weighted by atomic mass is 16.5. The zero-order chi connectivity index (χ0) is 13.1. The summed E-state index contributed by atoms with van der Waals surface area (Å²) >= 11 is 0. The van der Waals surface area contributed by atoms with Gasteiger partial charge in [-0.3, -0.25) is 4.90 Å². The molecule has 1 saturated heterocycles. The minimum absolute atomic E-state index is 0.276. The van der Waals surface area contributed by atoms with Crippen LogP contribution in [0.25, 0.3) is 0 Å². The van der Waals surface area contributed by atoms with Gasteiger partial charge in [-0.05, 0) is 68.5 Å². The van der Waals surface area contributed by atoms with Crippen molar-refractivity contribution < 1.29 is 9.84 Å². The highest BCUT2D eigenvalue weighted by Crippen LogP contribution is 2.31. The number of hydrogen-bond donors (Lipinski definition) is 1. The normalized spacial score (nSPS) is 23.3. The molecule has 104 valence electrons. The lowest BCUT2D eigenvalue weighted by molar-refractivity contribution is 0.156. The number of aliphatic hydroxyl groups excluding tert-OH is 1. The smallest absolute Gasteiger partial charge is 0.119 e. The van der Waals surface area contributed by atoms with Crippen LogP contribution >= 0.6 is 0 Å². The SMILES string of the molecule is O[C@@H]1CCCc2cc(OCCN3CCCC3)ccc21. The van der Waals surface area contributed by atoms with Gasteiger partial charge in [0.25, 0.3) is 0 Å². The summed E-state index contributed by atoms with van der Waals surface area (Å²) in [5.41, 5.74) is 2.36. The topological polar surface area (TPSA) is 32.7 Å². The molecule has 1 heterocycles. The van der Waals surface area contributed by atoms with Gasteiger partial charge < -0.3 is 9.84 Å². The maximum atomic E-state index is 9.92. The summed E-state index contributed by atoms with van der Waals surface area (Å²) in [4.78, 5) is 2.46. The van der Waals surface area contributed by atoms with Crippen molar-refractivity contribution in [3.8, 4) is 5.75 Å². The van der Waals surface area contributed by atoms with Gasteiger partial charge in [-0.2, -0.15) is 0 Å². The Morgan fingerprint density at radius 2 is 2.05 bits per heavy atom. The molecule has 0 radical (unpaired) electrons. The van der Waals surface area contributed by atoms with Gasteiger partial charge in [-0.25, -0.2) is 0 Å². The third kappa shape index (κ3) is 3.10. The van der Waals surface area contributed by atoms with Crippen LogP contribution in [0.15, 0.2) is 18.2 Å². The molecule has 0 unspecified atom stereocenters. The molecule has 3 rings (SSSR count). The molecular weight excluding hydrogens is 238 g/mol. The molecule has 1 aromatic rings. The fourth-order valence-corrected chi connectivity index (χ4v) is 3.15. The van der Waals surface area contributed by atoms with Crippen molar-refractivity contribution in [2.24, 2.45) is 0 Å². The van der Waals surface area contributed by atoms with E-state index in [-0.39, 0.29) is 6.10 Å². The van der Waals surface area contributed by atoms with E-state index in [0.717, 1.165) is 43.7 Å². The molecule has 1 fully saturated rings. The molecule has 0 amide bonds. The average molecular weight is 261 g/mol. The second kappa shape index (κ2) is 5.93. The number of rotatable bonds is 4. The maximum Gasteiger partial charge on any atom is 0.119 e. The Hall–Kier alpha value is -1.06. The molecule has 1 aliphatic heterocycles. The van der Waals surface area contributed by atoms with Crippen LogP contribution in [0.2, 0.25) is 0 Å². The summed E-state index contributed by atoms with van der Waals surface area (Å²) in [5.74, 6) is 0.951. The number of aliphatic hydroxyl groups is 1. The summed E-state index contributed by atoms with van der Waals surface area (Å²) < 4.78 is 5.85.